The number of hydrogen-bond donors (Lipinski definition) is 4. The van der Waals surface area contributed by atoms with Gasteiger partial charge < -0.3 is 21.3 Å². The molecule has 0 radical (unpaired) electrons. The van der Waals surface area contributed by atoms with Crippen LogP contribution in [-0.2, 0) is 9.59 Å². The van der Waals surface area contributed by atoms with Gasteiger partial charge in [-0.25, -0.2) is 4.79 Å². The van der Waals surface area contributed by atoms with Gasteiger partial charge in [-0.05, 0) is 18.8 Å². The summed E-state index contributed by atoms with van der Waals surface area (Å²) < 4.78 is 0. The molecule has 0 bridgehead atoms. The van der Waals surface area contributed by atoms with Crippen molar-refractivity contribution in [2.24, 2.45) is 23.5 Å². The van der Waals surface area contributed by atoms with E-state index >= 15 is 0 Å². The second kappa shape index (κ2) is 3.68. The number of aliphatic hydroxyl groups is 1. The molecule has 0 aromatic rings. The maximum absolute atomic E-state index is 11.6. The number of fused-ring (bicyclic) bond motifs is 1. The van der Waals surface area contributed by atoms with E-state index in [2.05, 4.69) is 5.32 Å². The van der Waals surface area contributed by atoms with Crippen molar-refractivity contribution >= 4 is 11.9 Å². The normalized spacial score (nSPS) is 44.9. The molecule has 5 N–H and O–H groups in total. The van der Waals surface area contributed by atoms with Gasteiger partial charge in [0.2, 0.25) is 5.91 Å². The van der Waals surface area contributed by atoms with Crippen molar-refractivity contribution in [2.45, 2.75) is 38.0 Å². The van der Waals surface area contributed by atoms with Gasteiger partial charge in [-0.3, -0.25) is 4.79 Å². The summed E-state index contributed by atoms with van der Waals surface area (Å²) in [4.78, 5) is 23.0. The fourth-order valence-corrected chi connectivity index (χ4v) is 3.21. The van der Waals surface area contributed by atoms with Crippen molar-refractivity contribution < 1.29 is 19.8 Å². The first-order valence-corrected chi connectivity index (χ1v) is 5.80. The van der Waals surface area contributed by atoms with E-state index in [1.54, 1.807) is 0 Å². The number of hydrogen-bond acceptors (Lipinski definition) is 4. The Kier molecular flexibility index (Phi) is 2.67. The molecule has 2 saturated carbocycles. The molecule has 6 nitrogen and oxygen atoms in total. The van der Waals surface area contributed by atoms with Gasteiger partial charge >= 0.3 is 5.97 Å². The molecule has 2 aliphatic rings. The van der Waals surface area contributed by atoms with Crippen LogP contribution in [0.2, 0.25) is 0 Å². The number of rotatable bonds is 3. The number of amides is 1. The molecular formula is C11H18N2O4. The summed E-state index contributed by atoms with van der Waals surface area (Å²) in [6.45, 7) is 3.40. The SMILES string of the molecule is C[C@H]1[C@H]2[C@@H]1[C@](NC(=O)[C@H](C)N)(C(=O)O)C[C@@H]2O. The average Bonchev–Trinajstić information content (AvgIpc) is 2.77. The topological polar surface area (TPSA) is 113 Å². The van der Waals surface area contributed by atoms with E-state index in [0.29, 0.717) is 0 Å². The van der Waals surface area contributed by atoms with Gasteiger partial charge in [0, 0.05) is 12.3 Å². The van der Waals surface area contributed by atoms with Gasteiger partial charge in [-0.1, -0.05) is 6.92 Å². The van der Waals surface area contributed by atoms with Gasteiger partial charge in [0.25, 0.3) is 0 Å². The third-order valence-corrected chi connectivity index (χ3v) is 4.13. The van der Waals surface area contributed by atoms with Crippen molar-refractivity contribution in [1.29, 1.82) is 0 Å². The van der Waals surface area contributed by atoms with E-state index in [-0.39, 0.29) is 24.2 Å². The summed E-state index contributed by atoms with van der Waals surface area (Å²) in [7, 11) is 0. The number of carboxylic acids is 1. The Morgan fingerprint density at radius 1 is 1.53 bits per heavy atom. The Hall–Kier alpha value is -1.14. The van der Waals surface area contributed by atoms with Gasteiger partial charge in [0.1, 0.15) is 5.54 Å². The van der Waals surface area contributed by atoms with Crippen molar-refractivity contribution in [1.82, 2.24) is 5.32 Å². The molecule has 0 aromatic carbocycles. The van der Waals surface area contributed by atoms with Gasteiger partial charge in [0.15, 0.2) is 0 Å². The van der Waals surface area contributed by atoms with Crippen LogP contribution in [0.25, 0.3) is 0 Å². The largest absolute Gasteiger partial charge is 0.479 e. The number of nitrogens with two attached hydrogens (primary N) is 1. The molecular weight excluding hydrogens is 224 g/mol. The van der Waals surface area contributed by atoms with Crippen LogP contribution in [0.1, 0.15) is 20.3 Å². The highest BCUT2D eigenvalue weighted by Crippen LogP contribution is 2.62. The molecule has 1 amide bonds. The first-order chi connectivity index (χ1) is 7.81. The lowest BCUT2D eigenvalue weighted by Gasteiger charge is -2.30. The summed E-state index contributed by atoms with van der Waals surface area (Å²) in [5, 5.41) is 21.7. The molecule has 0 heterocycles. The fourth-order valence-electron chi connectivity index (χ4n) is 3.21. The minimum absolute atomic E-state index is 0.0144. The minimum atomic E-state index is -1.34. The van der Waals surface area contributed by atoms with E-state index < -0.39 is 29.6 Å². The maximum Gasteiger partial charge on any atom is 0.329 e. The molecule has 0 aliphatic heterocycles. The predicted molar refractivity (Wildman–Crippen MR) is 58.9 cm³/mol. The lowest BCUT2D eigenvalue weighted by atomic mass is 9.89. The van der Waals surface area contributed by atoms with E-state index in [9.17, 15) is 19.8 Å². The number of carboxylic acid groups (broad SMARTS) is 1. The standard InChI is InChI=1S/C11H18N2O4/c1-4-7-6(14)3-11(8(4)7,10(16)17)13-9(15)5(2)12/h4-8,14H,3,12H2,1-2H3,(H,13,15)(H,16,17)/t4-,5-,6-,7+,8+,11-/m0/s1. The molecule has 0 aromatic heterocycles. The third kappa shape index (κ3) is 1.63. The van der Waals surface area contributed by atoms with Crippen LogP contribution in [0.5, 0.6) is 0 Å². The van der Waals surface area contributed by atoms with Crippen LogP contribution in [0.15, 0.2) is 0 Å². The minimum Gasteiger partial charge on any atom is -0.479 e. The van der Waals surface area contributed by atoms with Crippen molar-refractivity contribution in [3.8, 4) is 0 Å². The average molecular weight is 242 g/mol. The molecule has 2 fully saturated rings. The maximum atomic E-state index is 11.6. The molecule has 0 unspecified atom stereocenters. The van der Waals surface area contributed by atoms with Gasteiger partial charge in [-0.2, -0.15) is 0 Å². The predicted octanol–water partition coefficient (Wildman–Crippen LogP) is -1.08. The molecule has 96 valence electrons. The fraction of sp³-hybridized carbons (Fsp3) is 0.818. The Morgan fingerprint density at radius 2 is 2.12 bits per heavy atom. The third-order valence-electron chi connectivity index (χ3n) is 4.13. The van der Waals surface area contributed by atoms with Crippen LogP contribution in [0.4, 0.5) is 0 Å². The van der Waals surface area contributed by atoms with Crippen LogP contribution in [0.3, 0.4) is 0 Å². The molecule has 0 saturated heterocycles. The summed E-state index contributed by atoms with van der Waals surface area (Å²) in [6.07, 6.45) is -0.583. The van der Waals surface area contributed by atoms with Crippen LogP contribution in [0, 0.1) is 17.8 Å². The first-order valence-electron chi connectivity index (χ1n) is 5.80. The first kappa shape index (κ1) is 12.3. The van der Waals surface area contributed by atoms with Crippen LogP contribution >= 0.6 is 0 Å². The highest BCUT2D eigenvalue weighted by molar-refractivity contribution is 5.90. The lowest BCUT2D eigenvalue weighted by Crippen LogP contribution is -2.59. The lowest BCUT2D eigenvalue weighted by molar-refractivity contribution is -0.149. The van der Waals surface area contributed by atoms with E-state index in [1.807, 2.05) is 6.92 Å². The second-order valence-electron chi connectivity index (χ2n) is 5.29. The second-order valence-corrected chi connectivity index (χ2v) is 5.29. The van der Waals surface area contributed by atoms with E-state index in [1.165, 1.54) is 6.92 Å². The summed E-state index contributed by atoms with van der Waals surface area (Å²) >= 11 is 0. The quantitative estimate of drug-likeness (QED) is 0.503. The zero-order chi connectivity index (χ0) is 13.0. The molecule has 6 heteroatoms. The number of aliphatic hydroxyl groups excluding tert-OH is 1. The number of nitrogens with one attached hydrogen (secondary N) is 1. The van der Waals surface area contributed by atoms with E-state index in [0.717, 1.165) is 0 Å². The van der Waals surface area contributed by atoms with Crippen LogP contribution < -0.4 is 11.1 Å². The smallest absolute Gasteiger partial charge is 0.329 e. The number of carbonyl (C=O) groups excluding carboxylic acids is 1. The Morgan fingerprint density at radius 3 is 2.47 bits per heavy atom. The van der Waals surface area contributed by atoms with Crippen molar-refractivity contribution in [2.75, 3.05) is 0 Å². The Bertz CT molecular complexity index is 370. The van der Waals surface area contributed by atoms with Crippen molar-refractivity contribution in [3.63, 3.8) is 0 Å². The molecule has 0 spiro atoms. The number of aliphatic carboxylic acids is 1. The molecule has 2 aliphatic carbocycles. The molecule has 17 heavy (non-hydrogen) atoms. The highest BCUT2D eigenvalue weighted by Gasteiger charge is 2.71. The zero-order valence-electron chi connectivity index (χ0n) is 9.88. The monoisotopic (exact) mass is 242 g/mol. The molecule has 6 atom stereocenters. The summed E-state index contributed by atoms with van der Waals surface area (Å²) in [5.74, 6) is -1.64. The Balaban J connectivity index is 2.23. The highest BCUT2D eigenvalue weighted by atomic mass is 16.4. The van der Waals surface area contributed by atoms with Gasteiger partial charge in [-0.15, -0.1) is 0 Å². The van der Waals surface area contributed by atoms with Crippen LogP contribution in [-0.4, -0.2) is 39.8 Å². The summed E-state index contributed by atoms with van der Waals surface area (Å²) in [6, 6.07) is -0.753. The number of carbonyl (C=O) groups is 2. The van der Waals surface area contributed by atoms with E-state index in [4.69, 9.17) is 5.73 Å². The molecule has 2 rings (SSSR count). The Labute approximate surface area is 99.2 Å². The summed E-state index contributed by atoms with van der Waals surface area (Å²) in [5.41, 5.74) is 4.09. The zero-order valence-corrected chi connectivity index (χ0v) is 9.88. The van der Waals surface area contributed by atoms with Gasteiger partial charge in [0.05, 0.1) is 12.1 Å². The van der Waals surface area contributed by atoms with Crippen molar-refractivity contribution in [3.05, 3.63) is 0 Å².